The molecule has 1 N–H and O–H groups in total. The zero-order chi connectivity index (χ0) is 10.1. The Labute approximate surface area is 83.0 Å². The Hall–Kier alpha value is -1.32. The van der Waals surface area contributed by atoms with Gasteiger partial charge in [-0.2, -0.15) is 0 Å². The Balaban J connectivity index is 2.52. The molecule has 76 valence electrons. The first-order chi connectivity index (χ1) is 6.68. The molecule has 0 unspecified atom stereocenters. The molecule has 1 aliphatic carbocycles. The molecule has 0 aromatic carbocycles. The zero-order valence-electron chi connectivity index (χ0n) is 8.63. The van der Waals surface area contributed by atoms with Crippen LogP contribution in [0.4, 0.5) is 5.95 Å². The summed E-state index contributed by atoms with van der Waals surface area (Å²) in [6, 6.07) is 0. The number of hydrogen-bond acceptors (Lipinski definition) is 3. The van der Waals surface area contributed by atoms with E-state index in [4.69, 9.17) is 0 Å². The van der Waals surface area contributed by atoms with E-state index >= 15 is 0 Å². The van der Waals surface area contributed by atoms with E-state index in [0.29, 0.717) is 5.95 Å². The van der Waals surface area contributed by atoms with Crippen LogP contribution in [-0.4, -0.2) is 24.1 Å². The van der Waals surface area contributed by atoms with Crippen molar-refractivity contribution >= 4 is 5.95 Å². The SMILES string of the molecule is CN(C)c1nc2c(c(=O)[nH]1)CCCC2. The van der Waals surface area contributed by atoms with Gasteiger partial charge < -0.3 is 4.90 Å². The van der Waals surface area contributed by atoms with Gasteiger partial charge in [-0.25, -0.2) is 4.98 Å². The van der Waals surface area contributed by atoms with Gasteiger partial charge in [0.1, 0.15) is 0 Å². The average Bonchev–Trinajstić information content (AvgIpc) is 2.17. The lowest BCUT2D eigenvalue weighted by Crippen LogP contribution is -2.25. The topological polar surface area (TPSA) is 49.0 Å². The van der Waals surface area contributed by atoms with E-state index in [9.17, 15) is 4.79 Å². The predicted molar refractivity (Wildman–Crippen MR) is 55.8 cm³/mol. The summed E-state index contributed by atoms with van der Waals surface area (Å²) in [6.45, 7) is 0. The Morgan fingerprint density at radius 2 is 2.00 bits per heavy atom. The van der Waals surface area contributed by atoms with Crippen molar-refractivity contribution in [2.75, 3.05) is 19.0 Å². The van der Waals surface area contributed by atoms with E-state index in [1.165, 1.54) is 0 Å². The summed E-state index contributed by atoms with van der Waals surface area (Å²) >= 11 is 0. The van der Waals surface area contributed by atoms with Gasteiger partial charge in [0.15, 0.2) is 0 Å². The highest BCUT2D eigenvalue weighted by Gasteiger charge is 2.15. The second kappa shape index (κ2) is 3.44. The molecular weight excluding hydrogens is 178 g/mol. The van der Waals surface area contributed by atoms with Crippen LogP contribution >= 0.6 is 0 Å². The number of nitrogens with one attached hydrogen (secondary N) is 1. The first-order valence-corrected chi connectivity index (χ1v) is 4.98. The number of aromatic nitrogens is 2. The molecule has 0 bridgehead atoms. The maximum Gasteiger partial charge on any atom is 0.255 e. The van der Waals surface area contributed by atoms with Crippen molar-refractivity contribution < 1.29 is 0 Å². The first-order valence-electron chi connectivity index (χ1n) is 4.98. The molecule has 1 aliphatic rings. The first kappa shape index (κ1) is 9.24. The molecule has 0 saturated carbocycles. The third-order valence-corrected chi connectivity index (χ3v) is 2.60. The highest BCUT2D eigenvalue weighted by atomic mass is 16.1. The molecule has 0 aliphatic heterocycles. The highest BCUT2D eigenvalue weighted by Crippen LogP contribution is 2.17. The number of hydrogen-bond donors (Lipinski definition) is 1. The van der Waals surface area contributed by atoms with E-state index in [-0.39, 0.29) is 5.56 Å². The van der Waals surface area contributed by atoms with Gasteiger partial charge in [0.05, 0.1) is 5.69 Å². The number of aromatic amines is 1. The van der Waals surface area contributed by atoms with E-state index in [1.807, 2.05) is 19.0 Å². The van der Waals surface area contributed by atoms with Crippen LogP contribution in [0.3, 0.4) is 0 Å². The standard InChI is InChI=1S/C10H15N3O/c1-13(2)10-11-8-6-4-3-5-7(8)9(14)12-10/h3-6H2,1-2H3,(H,11,12,14). The van der Waals surface area contributed by atoms with Crippen molar-refractivity contribution in [3.63, 3.8) is 0 Å². The zero-order valence-corrected chi connectivity index (χ0v) is 8.63. The summed E-state index contributed by atoms with van der Waals surface area (Å²) < 4.78 is 0. The smallest absolute Gasteiger partial charge is 0.255 e. The number of aryl methyl sites for hydroxylation is 1. The molecule has 0 spiro atoms. The van der Waals surface area contributed by atoms with Gasteiger partial charge >= 0.3 is 0 Å². The van der Waals surface area contributed by atoms with Crippen LogP contribution in [0, 0.1) is 0 Å². The largest absolute Gasteiger partial charge is 0.348 e. The lowest BCUT2D eigenvalue weighted by Gasteiger charge is -2.17. The van der Waals surface area contributed by atoms with Crippen molar-refractivity contribution in [1.29, 1.82) is 0 Å². The summed E-state index contributed by atoms with van der Waals surface area (Å²) in [5.74, 6) is 0.663. The average molecular weight is 193 g/mol. The summed E-state index contributed by atoms with van der Waals surface area (Å²) in [7, 11) is 3.76. The Bertz CT molecular complexity index is 395. The molecule has 0 saturated heterocycles. The molecule has 4 nitrogen and oxygen atoms in total. The third kappa shape index (κ3) is 1.52. The molecule has 14 heavy (non-hydrogen) atoms. The maximum atomic E-state index is 11.7. The van der Waals surface area contributed by atoms with Crippen LogP contribution in [-0.2, 0) is 12.8 Å². The fourth-order valence-corrected chi connectivity index (χ4v) is 1.80. The maximum absolute atomic E-state index is 11.7. The van der Waals surface area contributed by atoms with Crippen molar-refractivity contribution in [2.24, 2.45) is 0 Å². The van der Waals surface area contributed by atoms with Crippen molar-refractivity contribution in [3.8, 4) is 0 Å². The molecule has 1 aromatic rings. The lowest BCUT2D eigenvalue weighted by molar-refractivity contribution is 0.655. The molecule has 4 heteroatoms. The normalized spacial score (nSPS) is 15.0. The quantitative estimate of drug-likeness (QED) is 0.714. The summed E-state index contributed by atoms with van der Waals surface area (Å²) in [6.07, 6.45) is 4.08. The van der Waals surface area contributed by atoms with Crippen molar-refractivity contribution in [1.82, 2.24) is 9.97 Å². The number of nitrogens with zero attached hydrogens (tertiary/aromatic N) is 2. The minimum Gasteiger partial charge on any atom is -0.348 e. The van der Waals surface area contributed by atoms with Crippen LogP contribution < -0.4 is 10.5 Å². The molecule has 0 fully saturated rings. The van der Waals surface area contributed by atoms with Gasteiger partial charge in [-0.15, -0.1) is 0 Å². The molecular formula is C10H15N3O. The number of fused-ring (bicyclic) bond motifs is 1. The molecule has 1 aromatic heterocycles. The molecule has 0 atom stereocenters. The van der Waals surface area contributed by atoms with Gasteiger partial charge in [0.2, 0.25) is 5.95 Å². The van der Waals surface area contributed by atoms with Gasteiger partial charge in [-0.1, -0.05) is 0 Å². The van der Waals surface area contributed by atoms with Gasteiger partial charge in [-0.05, 0) is 25.7 Å². The molecule has 1 heterocycles. The van der Waals surface area contributed by atoms with Crippen LogP contribution in [0.5, 0.6) is 0 Å². The molecule has 2 rings (SSSR count). The fourth-order valence-electron chi connectivity index (χ4n) is 1.80. The lowest BCUT2D eigenvalue weighted by atomic mass is 9.97. The predicted octanol–water partition coefficient (Wildman–Crippen LogP) is 0.715. The number of anilines is 1. The van der Waals surface area contributed by atoms with E-state index in [0.717, 1.165) is 36.9 Å². The van der Waals surface area contributed by atoms with E-state index in [1.54, 1.807) is 0 Å². The van der Waals surface area contributed by atoms with Crippen LogP contribution in [0.1, 0.15) is 24.1 Å². The monoisotopic (exact) mass is 193 g/mol. The highest BCUT2D eigenvalue weighted by molar-refractivity contribution is 5.32. The van der Waals surface area contributed by atoms with Gasteiger partial charge in [0.25, 0.3) is 5.56 Å². The minimum atomic E-state index is 0.0402. The van der Waals surface area contributed by atoms with Crippen LogP contribution in [0.25, 0.3) is 0 Å². The minimum absolute atomic E-state index is 0.0402. The second-order valence-electron chi connectivity index (χ2n) is 3.92. The van der Waals surface area contributed by atoms with Gasteiger partial charge in [-0.3, -0.25) is 9.78 Å². The molecule has 0 radical (unpaired) electrons. The summed E-state index contributed by atoms with van der Waals surface area (Å²) in [4.78, 5) is 20.7. The Morgan fingerprint density at radius 1 is 1.29 bits per heavy atom. The van der Waals surface area contributed by atoms with Gasteiger partial charge in [0, 0.05) is 19.7 Å². The summed E-state index contributed by atoms with van der Waals surface area (Å²) in [5, 5.41) is 0. The molecule has 0 amide bonds. The number of rotatable bonds is 1. The number of H-pyrrole nitrogens is 1. The van der Waals surface area contributed by atoms with Crippen molar-refractivity contribution in [3.05, 3.63) is 21.6 Å². The van der Waals surface area contributed by atoms with Crippen LogP contribution in [0.2, 0.25) is 0 Å². The Morgan fingerprint density at radius 3 is 2.71 bits per heavy atom. The second-order valence-corrected chi connectivity index (χ2v) is 3.92. The third-order valence-electron chi connectivity index (χ3n) is 2.60. The van der Waals surface area contributed by atoms with E-state index < -0.39 is 0 Å². The van der Waals surface area contributed by atoms with Crippen molar-refractivity contribution in [2.45, 2.75) is 25.7 Å². The summed E-state index contributed by atoms with van der Waals surface area (Å²) in [5.41, 5.74) is 1.92. The fraction of sp³-hybridized carbons (Fsp3) is 0.600. The van der Waals surface area contributed by atoms with E-state index in [2.05, 4.69) is 9.97 Å². The Kier molecular flexibility index (Phi) is 2.27. The van der Waals surface area contributed by atoms with Crippen LogP contribution in [0.15, 0.2) is 4.79 Å².